The van der Waals surface area contributed by atoms with Crippen LogP contribution in [0.15, 0.2) is 11.4 Å². The van der Waals surface area contributed by atoms with Gasteiger partial charge >= 0.3 is 5.97 Å². The second kappa shape index (κ2) is 6.41. The van der Waals surface area contributed by atoms with E-state index in [0.717, 1.165) is 24.5 Å². The van der Waals surface area contributed by atoms with Crippen LogP contribution in [0.1, 0.15) is 10.4 Å². The smallest absolute Gasteiger partial charge is 0.329 e. The van der Waals surface area contributed by atoms with Crippen molar-refractivity contribution in [1.82, 2.24) is 4.90 Å². The van der Waals surface area contributed by atoms with Crippen molar-refractivity contribution in [3.05, 3.63) is 21.9 Å². The van der Waals surface area contributed by atoms with Crippen molar-refractivity contribution in [2.24, 2.45) is 0 Å². The lowest BCUT2D eigenvalue weighted by atomic mass is 10.1. The van der Waals surface area contributed by atoms with Gasteiger partial charge < -0.3 is 9.64 Å². The molecule has 0 radical (unpaired) electrons. The molecule has 0 spiro atoms. The molecule has 4 nitrogen and oxygen atoms in total. The van der Waals surface area contributed by atoms with Crippen molar-refractivity contribution in [2.45, 2.75) is 17.5 Å². The molecule has 1 aromatic rings. The zero-order valence-electron chi connectivity index (χ0n) is 10.9. The Hall–Kier alpha value is -0.660. The first kappa shape index (κ1) is 14.3. The van der Waals surface area contributed by atoms with Crippen LogP contribution in [-0.4, -0.2) is 46.0 Å². The molecular formula is C13H15NO3S3. The average Bonchev–Trinajstić information content (AvgIpc) is 3.13. The van der Waals surface area contributed by atoms with E-state index in [4.69, 9.17) is 4.74 Å². The van der Waals surface area contributed by atoms with Crippen molar-refractivity contribution in [2.75, 3.05) is 24.7 Å². The third-order valence-corrected chi connectivity index (χ3v) is 7.28. The highest BCUT2D eigenvalue weighted by molar-refractivity contribution is 8.21. The van der Waals surface area contributed by atoms with Gasteiger partial charge in [-0.05, 0) is 23.4 Å². The number of esters is 1. The number of carbonyl (C=O) groups is 2. The van der Waals surface area contributed by atoms with Crippen LogP contribution in [0.25, 0.3) is 0 Å². The molecule has 3 heterocycles. The number of hydrogen-bond donors (Lipinski definition) is 0. The fourth-order valence-electron chi connectivity index (χ4n) is 2.25. The van der Waals surface area contributed by atoms with E-state index in [9.17, 15) is 9.59 Å². The molecule has 1 saturated heterocycles. The quantitative estimate of drug-likeness (QED) is 0.794. The van der Waals surface area contributed by atoms with Crippen LogP contribution >= 0.6 is 34.9 Å². The monoisotopic (exact) mass is 329 g/mol. The molecular weight excluding hydrogens is 314 g/mol. The van der Waals surface area contributed by atoms with E-state index in [2.05, 4.69) is 11.4 Å². The Balaban J connectivity index is 1.49. The molecule has 1 fully saturated rings. The van der Waals surface area contributed by atoms with E-state index in [-0.39, 0.29) is 23.1 Å². The van der Waals surface area contributed by atoms with Gasteiger partial charge in [-0.1, -0.05) is 0 Å². The average molecular weight is 329 g/mol. The van der Waals surface area contributed by atoms with E-state index in [1.807, 2.05) is 0 Å². The van der Waals surface area contributed by atoms with Crippen molar-refractivity contribution in [3.8, 4) is 0 Å². The van der Waals surface area contributed by atoms with E-state index < -0.39 is 0 Å². The van der Waals surface area contributed by atoms with E-state index in [0.29, 0.717) is 6.54 Å². The first-order chi connectivity index (χ1) is 9.74. The number of ether oxygens (including phenoxy) is 1. The topological polar surface area (TPSA) is 46.6 Å². The highest BCUT2D eigenvalue weighted by Crippen LogP contribution is 2.32. The normalized spacial score (nSPS) is 18.9. The van der Waals surface area contributed by atoms with Gasteiger partial charge in [0.05, 0.1) is 0 Å². The highest BCUT2D eigenvalue weighted by atomic mass is 32.2. The van der Waals surface area contributed by atoms with Gasteiger partial charge in [0.2, 0.25) is 0 Å². The van der Waals surface area contributed by atoms with Gasteiger partial charge in [0.1, 0.15) is 4.58 Å². The maximum absolute atomic E-state index is 12.1. The third kappa shape index (κ3) is 3.15. The van der Waals surface area contributed by atoms with Crippen LogP contribution in [0.5, 0.6) is 0 Å². The molecule has 0 unspecified atom stereocenters. The summed E-state index contributed by atoms with van der Waals surface area (Å²) in [5, 5.41) is 2.06. The van der Waals surface area contributed by atoms with Gasteiger partial charge in [0.25, 0.3) is 5.91 Å². The number of nitrogens with zero attached hydrogens (tertiary/aromatic N) is 1. The van der Waals surface area contributed by atoms with Gasteiger partial charge in [-0.25, -0.2) is 4.79 Å². The number of rotatable bonds is 3. The maximum atomic E-state index is 12.1. The lowest BCUT2D eigenvalue weighted by Crippen LogP contribution is -2.38. The molecule has 3 rings (SSSR count). The minimum Gasteiger partial charge on any atom is -0.454 e. The minimum atomic E-state index is -0.265. The predicted octanol–water partition coefficient (Wildman–Crippen LogP) is 1.98. The van der Waals surface area contributed by atoms with E-state index in [1.165, 1.54) is 10.4 Å². The molecule has 2 aliphatic rings. The Morgan fingerprint density at radius 3 is 2.95 bits per heavy atom. The Morgan fingerprint density at radius 1 is 1.35 bits per heavy atom. The Kier molecular flexibility index (Phi) is 4.58. The van der Waals surface area contributed by atoms with Crippen molar-refractivity contribution in [1.29, 1.82) is 0 Å². The lowest BCUT2D eigenvalue weighted by molar-refractivity contribution is -0.150. The number of amides is 1. The molecule has 0 bridgehead atoms. The minimum absolute atomic E-state index is 0.0943. The Bertz CT molecular complexity index is 511. The number of thioether (sulfide) groups is 2. The maximum Gasteiger partial charge on any atom is 0.329 e. The molecule has 0 aromatic carbocycles. The molecule has 1 aromatic heterocycles. The van der Waals surface area contributed by atoms with Crippen molar-refractivity contribution >= 4 is 46.7 Å². The lowest BCUT2D eigenvalue weighted by Gasteiger charge is -2.26. The number of thiophene rings is 1. The summed E-state index contributed by atoms with van der Waals surface area (Å²) in [4.78, 5) is 27.0. The highest BCUT2D eigenvalue weighted by Gasteiger charge is 2.27. The van der Waals surface area contributed by atoms with Gasteiger partial charge in [-0.3, -0.25) is 4.79 Å². The summed E-state index contributed by atoms with van der Waals surface area (Å²) in [6.07, 6.45) is 0.904. The summed E-state index contributed by atoms with van der Waals surface area (Å²) in [7, 11) is 0. The third-order valence-electron chi connectivity index (χ3n) is 3.31. The fraction of sp³-hybridized carbons (Fsp3) is 0.538. The molecule has 20 heavy (non-hydrogen) atoms. The summed E-state index contributed by atoms with van der Waals surface area (Å²) in [6.45, 7) is 1.23. The molecule has 0 saturated carbocycles. The van der Waals surface area contributed by atoms with Gasteiger partial charge in [-0.2, -0.15) is 0 Å². The molecule has 2 aliphatic heterocycles. The van der Waals surface area contributed by atoms with Crippen LogP contribution in [-0.2, 0) is 27.3 Å². The first-order valence-electron chi connectivity index (χ1n) is 6.47. The van der Waals surface area contributed by atoms with Crippen LogP contribution in [0.4, 0.5) is 0 Å². The van der Waals surface area contributed by atoms with Crippen LogP contribution < -0.4 is 0 Å². The number of carbonyl (C=O) groups excluding carboxylic acids is 2. The largest absolute Gasteiger partial charge is 0.454 e. The second-order valence-corrected chi connectivity index (χ2v) is 8.34. The van der Waals surface area contributed by atoms with Crippen LogP contribution in [0.2, 0.25) is 0 Å². The summed E-state index contributed by atoms with van der Waals surface area (Å²) in [6, 6.07) is 2.07. The zero-order chi connectivity index (χ0) is 13.9. The zero-order valence-corrected chi connectivity index (χ0v) is 13.3. The summed E-state index contributed by atoms with van der Waals surface area (Å²) in [5.74, 6) is 1.60. The standard InChI is InChI=1S/C13H15NO3S3/c15-11(8-17-12(16)13-19-5-6-20-13)14-3-1-10-9(7-14)2-4-18-10/h2,4,13H,1,3,5-8H2. The molecule has 7 heteroatoms. The first-order valence-corrected chi connectivity index (χ1v) is 9.44. The SMILES string of the molecule is O=C(OCC(=O)N1CCc2sccc2C1)C1SCCS1. The Labute approximate surface area is 130 Å². The second-order valence-electron chi connectivity index (χ2n) is 4.62. The molecule has 0 aliphatic carbocycles. The summed E-state index contributed by atoms with van der Waals surface area (Å²) < 4.78 is 5.00. The molecule has 0 atom stereocenters. The van der Waals surface area contributed by atoms with Gasteiger partial charge in [0, 0.05) is 29.5 Å². The fourth-order valence-corrected chi connectivity index (χ4v) is 5.71. The summed E-state index contributed by atoms with van der Waals surface area (Å²) >= 11 is 4.93. The Morgan fingerprint density at radius 2 is 2.15 bits per heavy atom. The van der Waals surface area contributed by atoms with E-state index in [1.54, 1.807) is 39.8 Å². The number of fused-ring (bicyclic) bond motifs is 1. The van der Waals surface area contributed by atoms with Crippen molar-refractivity contribution in [3.63, 3.8) is 0 Å². The van der Waals surface area contributed by atoms with Crippen LogP contribution in [0.3, 0.4) is 0 Å². The van der Waals surface area contributed by atoms with Gasteiger partial charge in [-0.15, -0.1) is 34.9 Å². The van der Waals surface area contributed by atoms with Crippen molar-refractivity contribution < 1.29 is 14.3 Å². The van der Waals surface area contributed by atoms with Gasteiger partial charge in [0.15, 0.2) is 6.61 Å². The van der Waals surface area contributed by atoms with Crippen LogP contribution in [0, 0.1) is 0 Å². The molecule has 0 N–H and O–H groups in total. The predicted molar refractivity (Wildman–Crippen MR) is 83.1 cm³/mol. The van der Waals surface area contributed by atoms with E-state index >= 15 is 0 Å². The molecule has 1 amide bonds. The molecule has 108 valence electrons. The summed E-state index contributed by atoms with van der Waals surface area (Å²) in [5.41, 5.74) is 1.22. The number of hydrogen-bond acceptors (Lipinski definition) is 6.